The van der Waals surface area contributed by atoms with Crippen LogP contribution in [0.3, 0.4) is 0 Å². The van der Waals surface area contributed by atoms with Crippen LogP contribution in [-0.2, 0) is 6.42 Å². The second-order valence-corrected chi connectivity index (χ2v) is 4.93. The maximum Gasteiger partial charge on any atom is 0.294 e. The fourth-order valence-corrected chi connectivity index (χ4v) is 2.18. The van der Waals surface area contributed by atoms with Crippen LogP contribution in [0.15, 0.2) is 24.5 Å². The molecule has 2 N–H and O–H groups in total. The van der Waals surface area contributed by atoms with E-state index in [-0.39, 0.29) is 14.9 Å². The summed E-state index contributed by atoms with van der Waals surface area (Å²) in [6.45, 7) is 0.359. The van der Waals surface area contributed by atoms with Gasteiger partial charge in [-0.3, -0.25) is 14.7 Å². The van der Waals surface area contributed by atoms with E-state index in [1.165, 1.54) is 16.8 Å². The molecule has 0 bridgehead atoms. The first-order chi connectivity index (χ1) is 9.04. The Morgan fingerprint density at radius 3 is 2.89 bits per heavy atom. The Hall–Kier alpha value is -1.55. The highest BCUT2D eigenvalue weighted by Gasteiger charge is 2.20. The average molecular weight is 376 g/mol. The molecule has 0 aliphatic carbocycles. The number of nitrogens with zero attached hydrogens (tertiary/aromatic N) is 3. The molecule has 0 amide bonds. The van der Waals surface area contributed by atoms with Crippen molar-refractivity contribution in [2.45, 2.75) is 6.42 Å². The SMILES string of the molecule is NCCc1nccn1-c1cc(F)c(I)cc1[N+](=O)[O-]. The number of imidazole rings is 1. The van der Waals surface area contributed by atoms with Crippen molar-refractivity contribution in [2.75, 3.05) is 6.54 Å². The zero-order valence-corrected chi connectivity index (χ0v) is 11.9. The molecule has 2 rings (SSSR count). The lowest BCUT2D eigenvalue weighted by Crippen LogP contribution is -2.10. The number of hydrogen-bond acceptors (Lipinski definition) is 4. The summed E-state index contributed by atoms with van der Waals surface area (Å²) in [7, 11) is 0. The van der Waals surface area contributed by atoms with Gasteiger partial charge < -0.3 is 5.73 Å². The first-order valence-electron chi connectivity index (χ1n) is 5.40. The molecule has 100 valence electrons. The first kappa shape index (κ1) is 13.9. The molecule has 0 aliphatic rings. The van der Waals surface area contributed by atoms with Gasteiger partial charge in [0.2, 0.25) is 0 Å². The summed E-state index contributed by atoms with van der Waals surface area (Å²) < 4.78 is 15.3. The van der Waals surface area contributed by atoms with Gasteiger partial charge in [0.05, 0.1) is 8.49 Å². The fourth-order valence-electron chi connectivity index (χ4n) is 1.73. The van der Waals surface area contributed by atoms with E-state index in [0.717, 1.165) is 6.07 Å². The molecule has 1 heterocycles. The number of benzene rings is 1. The van der Waals surface area contributed by atoms with E-state index < -0.39 is 10.7 Å². The summed E-state index contributed by atoms with van der Waals surface area (Å²) in [4.78, 5) is 14.6. The lowest BCUT2D eigenvalue weighted by atomic mass is 10.2. The summed E-state index contributed by atoms with van der Waals surface area (Å²) in [5.41, 5.74) is 5.45. The van der Waals surface area contributed by atoms with Gasteiger partial charge in [-0.1, -0.05) is 0 Å². The van der Waals surface area contributed by atoms with Crippen LogP contribution in [-0.4, -0.2) is 21.0 Å². The molecule has 0 atom stereocenters. The fraction of sp³-hybridized carbons (Fsp3) is 0.182. The van der Waals surface area contributed by atoms with E-state index in [9.17, 15) is 14.5 Å². The minimum absolute atomic E-state index is 0.156. The van der Waals surface area contributed by atoms with Crippen molar-refractivity contribution < 1.29 is 9.31 Å². The van der Waals surface area contributed by atoms with Crippen LogP contribution in [0.2, 0.25) is 0 Å². The molecular weight excluding hydrogens is 366 g/mol. The van der Waals surface area contributed by atoms with Gasteiger partial charge in [-0.25, -0.2) is 9.37 Å². The Kier molecular flexibility index (Phi) is 4.10. The van der Waals surface area contributed by atoms with Crippen molar-refractivity contribution in [1.82, 2.24) is 9.55 Å². The van der Waals surface area contributed by atoms with Crippen LogP contribution in [0.4, 0.5) is 10.1 Å². The van der Waals surface area contributed by atoms with E-state index >= 15 is 0 Å². The molecular formula is C11H10FIN4O2. The molecule has 19 heavy (non-hydrogen) atoms. The second kappa shape index (κ2) is 5.61. The standard InChI is InChI=1S/C11H10FIN4O2/c12-7-5-9(10(17(18)19)6-8(7)13)16-4-3-15-11(16)1-2-14/h3-6H,1-2,14H2. The van der Waals surface area contributed by atoms with Crippen molar-refractivity contribution in [3.8, 4) is 5.69 Å². The second-order valence-electron chi connectivity index (χ2n) is 3.76. The van der Waals surface area contributed by atoms with Crippen LogP contribution in [0, 0.1) is 19.5 Å². The van der Waals surface area contributed by atoms with Gasteiger partial charge in [0.1, 0.15) is 17.3 Å². The highest BCUT2D eigenvalue weighted by atomic mass is 127. The number of hydrogen-bond donors (Lipinski definition) is 1. The normalized spacial score (nSPS) is 10.7. The molecule has 8 heteroatoms. The highest BCUT2D eigenvalue weighted by molar-refractivity contribution is 14.1. The number of nitro groups is 1. The zero-order valence-electron chi connectivity index (χ0n) is 9.72. The zero-order chi connectivity index (χ0) is 14.0. The monoisotopic (exact) mass is 376 g/mol. The van der Waals surface area contributed by atoms with Gasteiger partial charge in [-0.2, -0.15) is 0 Å². The van der Waals surface area contributed by atoms with Crippen molar-refractivity contribution in [3.05, 3.63) is 49.9 Å². The molecule has 0 spiro atoms. The van der Waals surface area contributed by atoms with Gasteiger partial charge in [0.15, 0.2) is 0 Å². The van der Waals surface area contributed by atoms with Crippen molar-refractivity contribution in [2.24, 2.45) is 5.73 Å². The molecule has 0 saturated carbocycles. The quantitative estimate of drug-likeness (QED) is 0.503. The maximum absolute atomic E-state index is 13.6. The predicted molar refractivity (Wildman–Crippen MR) is 75.7 cm³/mol. The van der Waals surface area contributed by atoms with Gasteiger partial charge in [-0.05, 0) is 29.1 Å². The van der Waals surface area contributed by atoms with Crippen molar-refractivity contribution in [1.29, 1.82) is 0 Å². The van der Waals surface area contributed by atoms with Crippen LogP contribution in [0.5, 0.6) is 0 Å². The van der Waals surface area contributed by atoms with E-state index in [1.54, 1.807) is 28.8 Å². The minimum Gasteiger partial charge on any atom is -0.330 e. The summed E-state index contributed by atoms with van der Waals surface area (Å²) in [5, 5.41) is 11.1. The van der Waals surface area contributed by atoms with Crippen LogP contribution < -0.4 is 5.73 Å². The van der Waals surface area contributed by atoms with Crippen LogP contribution in [0.25, 0.3) is 5.69 Å². The number of halogens is 2. The topological polar surface area (TPSA) is 87.0 Å². The van der Waals surface area contributed by atoms with Gasteiger partial charge in [0, 0.05) is 30.9 Å². The Morgan fingerprint density at radius 2 is 2.26 bits per heavy atom. The minimum atomic E-state index is -0.539. The summed E-state index contributed by atoms with van der Waals surface area (Å²) in [6.07, 6.45) is 3.52. The molecule has 0 saturated heterocycles. The first-order valence-corrected chi connectivity index (χ1v) is 6.48. The lowest BCUT2D eigenvalue weighted by Gasteiger charge is -2.08. The molecule has 6 nitrogen and oxygen atoms in total. The third-order valence-corrected chi connectivity index (χ3v) is 3.39. The van der Waals surface area contributed by atoms with Crippen LogP contribution >= 0.6 is 22.6 Å². The third kappa shape index (κ3) is 2.73. The number of rotatable bonds is 4. The molecule has 1 aromatic heterocycles. The Labute approximate surface area is 121 Å². The lowest BCUT2D eigenvalue weighted by molar-refractivity contribution is -0.384. The molecule has 0 unspecified atom stereocenters. The maximum atomic E-state index is 13.6. The highest BCUT2D eigenvalue weighted by Crippen LogP contribution is 2.28. The van der Waals surface area contributed by atoms with E-state index in [4.69, 9.17) is 5.73 Å². The third-order valence-electron chi connectivity index (χ3n) is 2.56. The van der Waals surface area contributed by atoms with Crippen LogP contribution in [0.1, 0.15) is 5.82 Å². The molecule has 1 aromatic carbocycles. The average Bonchev–Trinajstić information content (AvgIpc) is 2.80. The molecule has 0 radical (unpaired) electrons. The Bertz CT molecular complexity index is 629. The van der Waals surface area contributed by atoms with Gasteiger partial charge in [-0.15, -0.1) is 0 Å². The Balaban J connectivity index is 2.63. The molecule has 2 aromatic rings. The largest absolute Gasteiger partial charge is 0.330 e. The number of nitro benzene ring substituents is 1. The summed E-state index contributed by atoms with van der Waals surface area (Å²) >= 11 is 1.72. The smallest absolute Gasteiger partial charge is 0.294 e. The molecule has 0 fully saturated rings. The Morgan fingerprint density at radius 1 is 1.53 bits per heavy atom. The summed E-state index contributed by atoms with van der Waals surface area (Å²) in [6, 6.07) is 2.35. The van der Waals surface area contributed by atoms with E-state index in [2.05, 4.69) is 4.98 Å². The molecule has 0 aliphatic heterocycles. The number of nitrogens with two attached hydrogens (primary N) is 1. The summed E-state index contributed by atoms with van der Waals surface area (Å²) in [5.74, 6) is 0.0554. The van der Waals surface area contributed by atoms with E-state index in [0.29, 0.717) is 18.8 Å². The predicted octanol–water partition coefficient (Wildman–Crippen LogP) is 2.03. The van der Waals surface area contributed by atoms with Crippen molar-refractivity contribution >= 4 is 28.3 Å². The van der Waals surface area contributed by atoms with Gasteiger partial charge >= 0.3 is 0 Å². The van der Waals surface area contributed by atoms with E-state index in [1.807, 2.05) is 0 Å². The van der Waals surface area contributed by atoms with Crippen molar-refractivity contribution in [3.63, 3.8) is 0 Å². The number of aromatic nitrogens is 2. The van der Waals surface area contributed by atoms with Gasteiger partial charge in [0.25, 0.3) is 5.69 Å².